The van der Waals surface area contributed by atoms with Crippen LogP contribution in [0.5, 0.6) is 0 Å². The molecule has 1 nitrogen and oxygen atoms in total. The van der Waals surface area contributed by atoms with E-state index in [1.165, 1.54) is 24.9 Å². The van der Waals surface area contributed by atoms with Gasteiger partial charge in [-0.3, -0.25) is 0 Å². The Hall–Kier alpha value is -0.820. The maximum absolute atomic E-state index is 3.55. The second-order valence-electron chi connectivity index (χ2n) is 4.02. The zero-order chi connectivity index (χ0) is 9.10. The Balaban J connectivity index is 1.98. The van der Waals surface area contributed by atoms with Crippen LogP contribution in [0.25, 0.3) is 0 Å². The van der Waals surface area contributed by atoms with Crippen LogP contribution in [0.3, 0.4) is 0 Å². The third-order valence-corrected chi connectivity index (χ3v) is 2.99. The van der Waals surface area contributed by atoms with Crippen molar-refractivity contribution in [3.05, 3.63) is 35.9 Å². The average molecular weight is 175 g/mol. The first kappa shape index (κ1) is 8.76. The molecule has 1 aliphatic rings. The van der Waals surface area contributed by atoms with Crippen LogP contribution in [0.15, 0.2) is 30.3 Å². The van der Waals surface area contributed by atoms with Gasteiger partial charge in [-0.25, -0.2) is 0 Å². The van der Waals surface area contributed by atoms with Crippen molar-refractivity contribution in [2.75, 3.05) is 6.54 Å². The van der Waals surface area contributed by atoms with Crippen molar-refractivity contribution in [1.82, 2.24) is 5.32 Å². The highest BCUT2D eigenvalue weighted by atomic mass is 14.9. The molecule has 1 saturated heterocycles. The van der Waals surface area contributed by atoms with Crippen LogP contribution >= 0.6 is 0 Å². The maximum Gasteiger partial charge on any atom is 0.0134 e. The summed E-state index contributed by atoms with van der Waals surface area (Å²) in [5.41, 5.74) is 1.45. The molecule has 13 heavy (non-hydrogen) atoms. The standard InChI is InChI=1S/C12H17N/c1-10-7-8-13-12(10)9-11-5-3-2-4-6-11/h2-6,10,12-13H,7-9H2,1H3/t10-,12+/m0/s1. The summed E-state index contributed by atoms with van der Waals surface area (Å²) < 4.78 is 0. The van der Waals surface area contributed by atoms with Gasteiger partial charge in [-0.2, -0.15) is 0 Å². The highest BCUT2D eigenvalue weighted by molar-refractivity contribution is 5.16. The first-order valence-electron chi connectivity index (χ1n) is 5.13. The molecular weight excluding hydrogens is 158 g/mol. The zero-order valence-corrected chi connectivity index (χ0v) is 8.16. The van der Waals surface area contributed by atoms with Crippen molar-refractivity contribution in [3.63, 3.8) is 0 Å². The fraction of sp³-hybridized carbons (Fsp3) is 0.500. The molecule has 0 amide bonds. The lowest BCUT2D eigenvalue weighted by Crippen LogP contribution is -2.27. The first-order valence-corrected chi connectivity index (χ1v) is 5.13. The lowest BCUT2D eigenvalue weighted by atomic mass is 9.97. The summed E-state index contributed by atoms with van der Waals surface area (Å²) in [4.78, 5) is 0. The molecule has 1 heterocycles. The van der Waals surface area contributed by atoms with E-state index in [9.17, 15) is 0 Å². The molecule has 2 atom stereocenters. The van der Waals surface area contributed by atoms with Crippen LogP contribution in [-0.2, 0) is 6.42 Å². The number of hydrogen-bond donors (Lipinski definition) is 1. The molecule has 0 radical (unpaired) electrons. The van der Waals surface area contributed by atoms with Crippen molar-refractivity contribution < 1.29 is 0 Å². The highest BCUT2D eigenvalue weighted by Crippen LogP contribution is 2.18. The Morgan fingerprint density at radius 2 is 2.08 bits per heavy atom. The Labute approximate surface area is 80.2 Å². The van der Waals surface area contributed by atoms with E-state index in [-0.39, 0.29) is 0 Å². The second-order valence-corrected chi connectivity index (χ2v) is 4.02. The van der Waals surface area contributed by atoms with Gasteiger partial charge >= 0.3 is 0 Å². The molecule has 0 spiro atoms. The topological polar surface area (TPSA) is 12.0 Å². The van der Waals surface area contributed by atoms with E-state index in [4.69, 9.17) is 0 Å². The molecule has 0 aliphatic carbocycles. The second kappa shape index (κ2) is 3.93. The molecule has 0 bridgehead atoms. The van der Waals surface area contributed by atoms with Gasteiger partial charge in [0.1, 0.15) is 0 Å². The van der Waals surface area contributed by atoms with Gasteiger partial charge < -0.3 is 5.32 Å². The summed E-state index contributed by atoms with van der Waals surface area (Å²) in [5, 5.41) is 3.55. The van der Waals surface area contributed by atoms with Crippen LogP contribution in [0, 0.1) is 5.92 Å². The van der Waals surface area contributed by atoms with Gasteiger partial charge in [-0.05, 0) is 30.9 Å². The van der Waals surface area contributed by atoms with Crippen LogP contribution in [0.1, 0.15) is 18.9 Å². The van der Waals surface area contributed by atoms with E-state index < -0.39 is 0 Å². The number of rotatable bonds is 2. The predicted octanol–water partition coefficient (Wildman–Crippen LogP) is 2.23. The summed E-state index contributed by atoms with van der Waals surface area (Å²) in [5.74, 6) is 0.834. The Kier molecular flexibility index (Phi) is 2.65. The van der Waals surface area contributed by atoms with Crippen LogP contribution in [0.4, 0.5) is 0 Å². The molecule has 1 heteroatoms. The van der Waals surface area contributed by atoms with Crippen molar-refractivity contribution in [1.29, 1.82) is 0 Å². The normalized spacial score (nSPS) is 27.8. The van der Waals surface area contributed by atoms with Crippen LogP contribution < -0.4 is 5.32 Å². The van der Waals surface area contributed by atoms with E-state index in [1.54, 1.807) is 0 Å². The molecule has 0 unspecified atom stereocenters. The molecule has 1 aromatic rings. The highest BCUT2D eigenvalue weighted by Gasteiger charge is 2.22. The smallest absolute Gasteiger partial charge is 0.0134 e. The summed E-state index contributed by atoms with van der Waals surface area (Å²) in [6.07, 6.45) is 2.51. The molecule has 2 rings (SSSR count). The first-order chi connectivity index (χ1) is 6.36. The Morgan fingerprint density at radius 3 is 2.69 bits per heavy atom. The largest absolute Gasteiger partial charge is 0.313 e. The monoisotopic (exact) mass is 175 g/mol. The minimum Gasteiger partial charge on any atom is -0.313 e. The fourth-order valence-corrected chi connectivity index (χ4v) is 2.04. The van der Waals surface area contributed by atoms with Crippen molar-refractivity contribution >= 4 is 0 Å². The summed E-state index contributed by atoms with van der Waals surface area (Å²) >= 11 is 0. The third kappa shape index (κ3) is 2.10. The van der Waals surface area contributed by atoms with E-state index in [2.05, 4.69) is 42.6 Å². The molecule has 1 fully saturated rings. The summed E-state index contributed by atoms with van der Waals surface area (Å²) in [6.45, 7) is 3.53. The van der Waals surface area contributed by atoms with Gasteiger partial charge in [0.25, 0.3) is 0 Å². The number of nitrogens with one attached hydrogen (secondary N) is 1. The minimum absolute atomic E-state index is 0.697. The molecular formula is C12H17N. The molecule has 1 aromatic carbocycles. The van der Waals surface area contributed by atoms with E-state index in [0.29, 0.717) is 6.04 Å². The zero-order valence-electron chi connectivity index (χ0n) is 8.16. The van der Waals surface area contributed by atoms with Gasteiger partial charge in [0, 0.05) is 6.04 Å². The van der Waals surface area contributed by atoms with Gasteiger partial charge in [-0.1, -0.05) is 37.3 Å². The maximum atomic E-state index is 3.55. The summed E-state index contributed by atoms with van der Waals surface area (Å²) in [6, 6.07) is 11.4. The molecule has 0 saturated carbocycles. The lowest BCUT2D eigenvalue weighted by molar-refractivity contribution is 0.480. The minimum atomic E-state index is 0.697. The number of hydrogen-bond acceptors (Lipinski definition) is 1. The van der Waals surface area contributed by atoms with Gasteiger partial charge in [-0.15, -0.1) is 0 Å². The van der Waals surface area contributed by atoms with Gasteiger partial charge in [0.05, 0.1) is 0 Å². The van der Waals surface area contributed by atoms with E-state index in [1.807, 2.05) is 0 Å². The fourth-order valence-electron chi connectivity index (χ4n) is 2.04. The molecule has 70 valence electrons. The van der Waals surface area contributed by atoms with Gasteiger partial charge in [0.2, 0.25) is 0 Å². The Bertz CT molecular complexity index is 255. The van der Waals surface area contributed by atoms with Crippen molar-refractivity contribution in [3.8, 4) is 0 Å². The molecule has 1 aliphatic heterocycles. The third-order valence-electron chi connectivity index (χ3n) is 2.99. The Morgan fingerprint density at radius 1 is 1.31 bits per heavy atom. The van der Waals surface area contributed by atoms with E-state index in [0.717, 1.165) is 5.92 Å². The number of benzene rings is 1. The van der Waals surface area contributed by atoms with Crippen LogP contribution in [-0.4, -0.2) is 12.6 Å². The van der Waals surface area contributed by atoms with Crippen molar-refractivity contribution in [2.45, 2.75) is 25.8 Å². The predicted molar refractivity (Wildman–Crippen MR) is 55.7 cm³/mol. The van der Waals surface area contributed by atoms with E-state index >= 15 is 0 Å². The van der Waals surface area contributed by atoms with Crippen LogP contribution in [0.2, 0.25) is 0 Å². The van der Waals surface area contributed by atoms with Gasteiger partial charge in [0.15, 0.2) is 0 Å². The summed E-state index contributed by atoms with van der Waals surface area (Å²) in [7, 11) is 0. The lowest BCUT2D eigenvalue weighted by Gasteiger charge is -2.15. The molecule has 0 aromatic heterocycles. The quantitative estimate of drug-likeness (QED) is 0.726. The SMILES string of the molecule is C[C@H]1CCN[C@@H]1Cc1ccccc1. The van der Waals surface area contributed by atoms with Crippen molar-refractivity contribution in [2.24, 2.45) is 5.92 Å². The molecule has 1 N–H and O–H groups in total. The average Bonchev–Trinajstić information content (AvgIpc) is 2.54.